The van der Waals surface area contributed by atoms with E-state index in [1.165, 1.54) is 16.9 Å². The molecule has 1 N–H and O–H groups in total. The second-order valence-corrected chi connectivity index (χ2v) is 9.29. The summed E-state index contributed by atoms with van der Waals surface area (Å²) in [5.74, 6) is -0.173. The molecule has 5 aromatic rings. The largest absolute Gasteiger partial charge is 0.298 e. The van der Waals surface area contributed by atoms with Gasteiger partial charge in [-0.05, 0) is 32.4 Å². The van der Waals surface area contributed by atoms with E-state index in [1.54, 1.807) is 0 Å². The number of fused-ring (bicyclic) bond motifs is 1. The minimum atomic E-state index is -0.173. The van der Waals surface area contributed by atoms with Crippen molar-refractivity contribution < 1.29 is 4.79 Å². The summed E-state index contributed by atoms with van der Waals surface area (Å²) < 4.78 is 0. The van der Waals surface area contributed by atoms with Gasteiger partial charge in [0.1, 0.15) is 0 Å². The maximum Gasteiger partial charge on any atom is 0.258 e. The lowest BCUT2D eigenvalue weighted by Gasteiger charge is -2.14. The van der Waals surface area contributed by atoms with Crippen LogP contribution in [0.5, 0.6) is 0 Å². The van der Waals surface area contributed by atoms with Gasteiger partial charge in [0.15, 0.2) is 5.13 Å². The maximum atomic E-state index is 13.6. The highest BCUT2D eigenvalue weighted by molar-refractivity contribution is 7.16. The molecule has 5 heteroatoms. The molecule has 0 saturated heterocycles. The van der Waals surface area contributed by atoms with E-state index in [9.17, 15) is 4.79 Å². The first-order valence-corrected chi connectivity index (χ1v) is 11.6. The molecular formula is C28H23N3OS. The Morgan fingerprint density at radius 2 is 1.42 bits per heavy atom. The molecule has 3 aromatic carbocycles. The Morgan fingerprint density at radius 1 is 0.758 bits per heavy atom. The molecule has 0 spiro atoms. The molecule has 0 saturated carbocycles. The van der Waals surface area contributed by atoms with E-state index in [-0.39, 0.29) is 5.91 Å². The molecule has 1 amide bonds. The third kappa shape index (κ3) is 4.03. The Labute approximate surface area is 197 Å². The molecule has 4 nitrogen and oxygen atoms in total. The minimum Gasteiger partial charge on any atom is -0.298 e. The quantitative estimate of drug-likeness (QED) is 0.315. The van der Waals surface area contributed by atoms with E-state index >= 15 is 0 Å². The summed E-state index contributed by atoms with van der Waals surface area (Å²) in [4.78, 5) is 24.2. The highest BCUT2D eigenvalue weighted by atomic mass is 32.1. The van der Waals surface area contributed by atoms with Gasteiger partial charge in [-0.3, -0.25) is 10.1 Å². The molecule has 5 rings (SSSR count). The van der Waals surface area contributed by atoms with E-state index < -0.39 is 0 Å². The number of hydrogen-bond donors (Lipinski definition) is 1. The summed E-state index contributed by atoms with van der Waals surface area (Å²) in [7, 11) is 0. The highest BCUT2D eigenvalue weighted by Crippen LogP contribution is 2.33. The highest BCUT2D eigenvalue weighted by Gasteiger charge is 2.20. The van der Waals surface area contributed by atoms with Crippen molar-refractivity contribution in [2.24, 2.45) is 0 Å². The van der Waals surface area contributed by atoms with Crippen LogP contribution in [0.25, 0.3) is 33.4 Å². The van der Waals surface area contributed by atoms with E-state index in [0.717, 1.165) is 43.9 Å². The predicted molar refractivity (Wildman–Crippen MR) is 137 cm³/mol. The number of aryl methyl sites for hydroxylation is 2. The number of para-hydroxylation sites is 1. The first-order valence-electron chi connectivity index (χ1n) is 10.8. The molecule has 0 radical (unpaired) electrons. The average molecular weight is 450 g/mol. The van der Waals surface area contributed by atoms with Crippen molar-refractivity contribution in [1.29, 1.82) is 0 Å². The summed E-state index contributed by atoms with van der Waals surface area (Å²) >= 11 is 1.49. The monoisotopic (exact) mass is 449 g/mol. The molecule has 0 fully saturated rings. The lowest BCUT2D eigenvalue weighted by atomic mass is 9.97. The SMILES string of the molecule is Cc1ccc(-c2nc3ccccc3c(C(=O)Nc3nc(-c4ccccc4)c(C)s3)c2C)cc1. The van der Waals surface area contributed by atoms with E-state index in [4.69, 9.17) is 9.97 Å². The Kier molecular flexibility index (Phi) is 5.48. The topological polar surface area (TPSA) is 54.9 Å². The van der Waals surface area contributed by atoms with Gasteiger partial charge in [-0.1, -0.05) is 78.4 Å². The molecule has 0 aliphatic carbocycles. The molecule has 162 valence electrons. The van der Waals surface area contributed by atoms with Gasteiger partial charge < -0.3 is 0 Å². The number of amides is 1. The maximum absolute atomic E-state index is 13.6. The van der Waals surface area contributed by atoms with Gasteiger partial charge in [0.25, 0.3) is 5.91 Å². The van der Waals surface area contributed by atoms with Crippen LogP contribution in [0.2, 0.25) is 0 Å². The molecule has 0 atom stereocenters. The van der Waals surface area contributed by atoms with Gasteiger partial charge in [-0.2, -0.15) is 0 Å². The summed E-state index contributed by atoms with van der Waals surface area (Å²) in [6.07, 6.45) is 0. The lowest BCUT2D eigenvalue weighted by Crippen LogP contribution is -2.15. The molecule has 0 aliphatic heterocycles. The minimum absolute atomic E-state index is 0.173. The normalized spacial score (nSPS) is 11.0. The number of pyridine rings is 1. The average Bonchev–Trinajstić information content (AvgIpc) is 3.19. The molecule has 0 unspecified atom stereocenters. The first kappa shape index (κ1) is 21.0. The number of benzene rings is 3. The van der Waals surface area contributed by atoms with Crippen molar-refractivity contribution in [2.45, 2.75) is 20.8 Å². The number of anilines is 1. The van der Waals surface area contributed by atoms with Crippen LogP contribution < -0.4 is 5.32 Å². The molecule has 0 bridgehead atoms. The molecular weight excluding hydrogens is 426 g/mol. The third-order valence-corrected chi connectivity index (χ3v) is 6.64. The van der Waals surface area contributed by atoms with Crippen LogP contribution in [0.1, 0.15) is 26.4 Å². The van der Waals surface area contributed by atoms with Crippen LogP contribution in [-0.2, 0) is 0 Å². The smallest absolute Gasteiger partial charge is 0.258 e. The zero-order valence-corrected chi connectivity index (χ0v) is 19.5. The summed E-state index contributed by atoms with van der Waals surface area (Å²) in [5.41, 5.74) is 7.21. The Hall–Kier alpha value is -3.83. The van der Waals surface area contributed by atoms with E-state index in [2.05, 4.69) is 36.5 Å². The molecule has 33 heavy (non-hydrogen) atoms. The summed E-state index contributed by atoms with van der Waals surface area (Å²) in [5, 5.41) is 4.48. The molecule has 2 aromatic heterocycles. The van der Waals surface area contributed by atoms with E-state index in [0.29, 0.717) is 10.7 Å². The fourth-order valence-corrected chi connectivity index (χ4v) is 4.90. The van der Waals surface area contributed by atoms with Gasteiger partial charge in [-0.15, -0.1) is 11.3 Å². The Bertz CT molecular complexity index is 1470. The summed E-state index contributed by atoms with van der Waals surface area (Å²) in [6, 6.07) is 26.0. The standard InChI is InChI=1S/C28H23N3OS/c1-17-13-15-21(16-14-17)25-18(2)24(22-11-7-8-12-23(22)29-25)27(32)31-28-30-26(19(3)33-28)20-9-5-4-6-10-20/h4-16H,1-3H3,(H,30,31,32). The molecule has 2 heterocycles. The number of rotatable bonds is 4. The number of thiazole rings is 1. The van der Waals surface area contributed by atoms with Crippen molar-refractivity contribution in [3.63, 3.8) is 0 Å². The van der Waals surface area contributed by atoms with Crippen molar-refractivity contribution in [2.75, 3.05) is 5.32 Å². The summed E-state index contributed by atoms with van der Waals surface area (Å²) in [6.45, 7) is 6.05. The number of nitrogens with zero attached hydrogens (tertiary/aromatic N) is 2. The Balaban J connectivity index is 1.58. The van der Waals surface area contributed by atoms with Crippen LogP contribution in [-0.4, -0.2) is 15.9 Å². The van der Waals surface area contributed by atoms with Crippen molar-refractivity contribution in [1.82, 2.24) is 9.97 Å². The van der Waals surface area contributed by atoms with Crippen LogP contribution >= 0.6 is 11.3 Å². The number of nitrogens with one attached hydrogen (secondary N) is 1. The third-order valence-electron chi connectivity index (χ3n) is 5.75. The van der Waals surface area contributed by atoms with Gasteiger partial charge in [0.2, 0.25) is 0 Å². The van der Waals surface area contributed by atoms with E-state index in [1.807, 2.05) is 68.4 Å². The van der Waals surface area contributed by atoms with Crippen LogP contribution in [0.15, 0.2) is 78.9 Å². The van der Waals surface area contributed by atoms with Crippen molar-refractivity contribution >= 4 is 33.3 Å². The van der Waals surface area contributed by atoms with Gasteiger partial charge in [-0.25, -0.2) is 9.97 Å². The van der Waals surface area contributed by atoms with Crippen LogP contribution in [0.3, 0.4) is 0 Å². The molecule has 0 aliphatic rings. The second kappa shape index (κ2) is 8.60. The zero-order valence-electron chi connectivity index (χ0n) is 18.7. The zero-order chi connectivity index (χ0) is 22.9. The number of carbonyl (C=O) groups is 1. The van der Waals surface area contributed by atoms with Crippen LogP contribution in [0.4, 0.5) is 5.13 Å². The van der Waals surface area contributed by atoms with Gasteiger partial charge in [0, 0.05) is 21.4 Å². The van der Waals surface area contributed by atoms with Gasteiger partial charge >= 0.3 is 0 Å². The number of hydrogen-bond acceptors (Lipinski definition) is 4. The fraction of sp³-hybridized carbons (Fsp3) is 0.107. The first-order chi connectivity index (χ1) is 16.0. The van der Waals surface area contributed by atoms with Crippen LogP contribution in [0, 0.1) is 20.8 Å². The lowest BCUT2D eigenvalue weighted by molar-refractivity contribution is 0.102. The second-order valence-electron chi connectivity index (χ2n) is 8.09. The number of carbonyl (C=O) groups excluding carboxylic acids is 1. The predicted octanol–water partition coefficient (Wildman–Crippen LogP) is 7.20. The van der Waals surface area contributed by atoms with Gasteiger partial charge in [0.05, 0.1) is 22.5 Å². The van der Waals surface area contributed by atoms with Crippen molar-refractivity contribution in [3.05, 3.63) is 100 Å². The number of aromatic nitrogens is 2. The van der Waals surface area contributed by atoms with Crippen molar-refractivity contribution in [3.8, 4) is 22.5 Å². The Morgan fingerprint density at radius 3 is 2.18 bits per heavy atom. The fourth-order valence-electron chi connectivity index (χ4n) is 4.07.